The van der Waals surface area contributed by atoms with Gasteiger partial charge in [-0.15, -0.1) is 0 Å². The number of aromatic nitrogens is 1. The lowest BCUT2D eigenvalue weighted by molar-refractivity contribution is -0.688. The molecule has 1 unspecified atom stereocenters. The number of allylic oxidation sites excluding steroid dienone is 1. The van der Waals surface area contributed by atoms with Crippen molar-refractivity contribution < 1.29 is 30.5 Å². The van der Waals surface area contributed by atoms with Crippen LogP contribution < -0.4 is 33.1 Å². The number of nitrogens with zero attached hydrogens (tertiary/aromatic N) is 2. The Balaban J connectivity index is 0.00000259. The van der Waals surface area contributed by atoms with Gasteiger partial charge in [0.25, 0.3) is 0 Å². The monoisotopic (exact) mass is 461 g/mol. The normalized spacial score (nSPS) is 14.7. The lowest BCUT2D eigenvalue weighted by Crippen LogP contribution is -3.00. The van der Waals surface area contributed by atoms with Crippen LogP contribution in [0.15, 0.2) is 93.7 Å². The van der Waals surface area contributed by atoms with Crippen LogP contribution in [0.5, 0.6) is 5.75 Å². The first-order valence-electron chi connectivity index (χ1n) is 9.92. The number of pyridine rings is 1. The van der Waals surface area contributed by atoms with E-state index in [1.165, 1.54) is 12.1 Å². The maximum absolute atomic E-state index is 13.1. The zero-order valence-electron chi connectivity index (χ0n) is 17.2. The summed E-state index contributed by atoms with van der Waals surface area (Å²) in [4.78, 5) is 12.9. The van der Waals surface area contributed by atoms with E-state index in [2.05, 4.69) is 6.07 Å². The number of nitrogens with two attached hydrogens (primary N) is 1. The van der Waals surface area contributed by atoms with E-state index in [1.54, 1.807) is 30.3 Å². The van der Waals surface area contributed by atoms with Crippen LogP contribution in [0.2, 0.25) is 0 Å². The fourth-order valence-corrected chi connectivity index (χ4v) is 3.97. The van der Waals surface area contributed by atoms with Crippen LogP contribution in [0.4, 0.5) is 4.39 Å². The number of halogens is 2. The summed E-state index contributed by atoms with van der Waals surface area (Å²) >= 11 is 0. The molecule has 0 radical (unpaired) electrons. The molecular weight excluding hydrogens is 445 g/mol. The molecule has 5 rings (SSSR count). The van der Waals surface area contributed by atoms with Gasteiger partial charge < -0.3 is 27.3 Å². The van der Waals surface area contributed by atoms with E-state index in [0.29, 0.717) is 28.8 Å². The van der Waals surface area contributed by atoms with Gasteiger partial charge in [0.2, 0.25) is 5.88 Å². The van der Waals surface area contributed by atoms with Crippen molar-refractivity contribution in [1.29, 1.82) is 5.26 Å². The molecule has 1 aliphatic rings. The Hall–Kier alpha value is -4.15. The topological polar surface area (TPSA) is 93.1 Å². The maximum Gasteiger partial charge on any atom is 0.344 e. The molecule has 6 nitrogen and oxygen atoms in total. The Bertz CT molecular complexity index is 1470. The van der Waals surface area contributed by atoms with Crippen molar-refractivity contribution in [2.45, 2.75) is 12.5 Å². The molecule has 3 heterocycles. The summed E-state index contributed by atoms with van der Waals surface area (Å²) in [7, 11) is 0. The Morgan fingerprint density at radius 1 is 1.06 bits per heavy atom. The van der Waals surface area contributed by atoms with Gasteiger partial charge in [0.05, 0.1) is 16.9 Å². The Labute approximate surface area is 194 Å². The first kappa shape index (κ1) is 22.1. The van der Waals surface area contributed by atoms with Crippen molar-refractivity contribution >= 4 is 11.0 Å². The fourth-order valence-electron chi connectivity index (χ4n) is 3.97. The summed E-state index contributed by atoms with van der Waals surface area (Å²) in [5.41, 5.74) is 7.92. The van der Waals surface area contributed by atoms with Gasteiger partial charge in [0.15, 0.2) is 24.7 Å². The minimum atomic E-state index is -0.718. The van der Waals surface area contributed by atoms with Gasteiger partial charge in [-0.1, -0.05) is 12.1 Å². The predicted octanol–water partition coefficient (Wildman–Crippen LogP) is 0.490. The number of benzene rings is 2. The number of fused-ring (bicyclic) bond motifs is 3. The van der Waals surface area contributed by atoms with Crippen molar-refractivity contribution in [3.05, 3.63) is 117 Å². The standard InChI is InChI=1S/C25H17FN3O3.ClH/c26-17-7-5-15(6-8-17)14-29-11-9-16(10-12-29)21-19(13-27)24(28)32-23-18-3-1-2-4-20(18)31-25(30)22(21)23;/h1-12,21H,14,28H2;1H/q+1;/p-1. The van der Waals surface area contributed by atoms with Crippen LogP contribution in [-0.2, 0) is 6.54 Å². The van der Waals surface area contributed by atoms with E-state index >= 15 is 0 Å². The van der Waals surface area contributed by atoms with Gasteiger partial charge in [-0.25, -0.2) is 13.8 Å². The molecule has 4 aromatic rings. The van der Waals surface area contributed by atoms with Crippen LogP contribution in [0, 0.1) is 17.1 Å². The third kappa shape index (κ3) is 3.93. The molecule has 2 aromatic heterocycles. The zero-order valence-corrected chi connectivity index (χ0v) is 17.9. The number of ether oxygens (including phenoxy) is 1. The Morgan fingerprint density at radius 3 is 2.45 bits per heavy atom. The van der Waals surface area contributed by atoms with E-state index < -0.39 is 11.5 Å². The average Bonchev–Trinajstić information content (AvgIpc) is 2.80. The number of nitriles is 1. The Kier molecular flexibility index (Phi) is 5.86. The van der Waals surface area contributed by atoms with E-state index in [-0.39, 0.29) is 35.2 Å². The van der Waals surface area contributed by atoms with Crippen LogP contribution in [0.3, 0.4) is 0 Å². The zero-order chi connectivity index (χ0) is 22.2. The van der Waals surface area contributed by atoms with Crippen molar-refractivity contribution in [3.63, 3.8) is 0 Å². The summed E-state index contributed by atoms with van der Waals surface area (Å²) in [6, 6.07) is 19.0. The van der Waals surface area contributed by atoms with Crippen molar-refractivity contribution in [2.24, 2.45) is 5.73 Å². The summed E-state index contributed by atoms with van der Waals surface area (Å²) in [6.07, 6.45) is 3.67. The fraction of sp³-hybridized carbons (Fsp3) is 0.0800. The van der Waals surface area contributed by atoms with Crippen molar-refractivity contribution in [1.82, 2.24) is 0 Å². The molecule has 0 aliphatic carbocycles. The molecule has 2 aromatic carbocycles. The van der Waals surface area contributed by atoms with Crippen LogP contribution in [0.25, 0.3) is 11.0 Å². The van der Waals surface area contributed by atoms with Crippen LogP contribution >= 0.6 is 0 Å². The molecule has 0 amide bonds. The largest absolute Gasteiger partial charge is 1.00 e. The minimum absolute atomic E-state index is 0. The summed E-state index contributed by atoms with van der Waals surface area (Å²) in [6.45, 7) is 0.542. The third-order valence-corrected chi connectivity index (χ3v) is 5.50. The maximum atomic E-state index is 13.1. The highest BCUT2D eigenvalue weighted by Gasteiger charge is 2.35. The van der Waals surface area contributed by atoms with Crippen molar-refractivity contribution in [3.8, 4) is 11.8 Å². The van der Waals surface area contributed by atoms with Gasteiger partial charge in [0.1, 0.15) is 23.0 Å². The lowest BCUT2D eigenvalue weighted by Gasteiger charge is -2.25. The second kappa shape index (κ2) is 8.77. The number of para-hydroxylation sites is 1. The second-order valence-corrected chi connectivity index (χ2v) is 7.48. The predicted molar refractivity (Wildman–Crippen MR) is 114 cm³/mol. The number of rotatable bonds is 3. The molecular formula is C25H17ClFN3O3. The highest BCUT2D eigenvalue weighted by molar-refractivity contribution is 5.85. The molecule has 1 atom stereocenters. The van der Waals surface area contributed by atoms with Crippen LogP contribution in [0.1, 0.15) is 22.6 Å². The second-order valence-electron chi connectivity index (χ2n) is 7.48. The smallest absolute Gasteiger partial charge is 0.344 e. The van der Waals surface area contributed by atoms with Gasteiger partial charge in [-0.3, -0.25) is 0 Å². The summed E-state index contributed by atoms with van der Waals surface area (Å²) in [5, 5.41) is 10.4. The number of hydrogen-bond donors (Lipinski definition) is 1. The number of hydrogen-bond acceptors (Lipinski definition) is 5. The first-order chi connectivity index (χ1) is 15.5. The molecule has 1 aliphatic heterocycles. The van der Waals surface area contributed by atoms with E-state index in [1.807, 2.05) is 35.2 Å². The van der Waals surface area contributed by atoms with E-state index in [0.717, 1.165) is 5.56 Å². The quantitative estimate of drug-likeness (QED) is 0.354. The lowest BCUT2D eigenvalue weighted by atomic mass is 9.84. The van der Waals surface area contributed by atoms with Crippen molar-refractivity contribution in [2.75, 3.05) is 0 Å². The Morgan fingerprint density at radius 2 is 1.76 bits per heavy atom. The van der Waals surface area contributed by atoms with Gasteiger partial charge in [0, 0.05) is 17.7 Å². The summed E-state index contributed by atoms with van der Waals surface area (Å²) < 4.78 is 26.3. The average molecular weight is 462 g/mol. The molecule has 0 fully saturated rings. The third-order valence-electron chi connectivity index (χ3n) is 5.50. The minimum Gasteiger partial charge on any atom is -1.00 e. The molecule has 0 spiro atoms. The van der Waals surface area contributed by atoms with Gasteiger partial charge in [-0.2, -0.15) is 5.26 Å². The molecule has 2 N–H and O–H groups in total. The van der Waals surface area contributed by atoms with E-state index in [9.17, 15) is 14.4 Å². The van der Waals surface area contributed by atoms with E-state index in [4.69, 9.17) is 14.9 Å². The molecule has 8 heteroatoms. The first-order valence-corrected chi connectivity index (χ1v) is 9.92. The highest BCUT2D eigenvalue weighted by atomic mass is 35.5. The molecule has 164 valence electrons. The molecule has 0 saturated heterocycles. The van der Waals surface area contributed by atoms with Gasteiger partial charge >= 0.3 is 5.63 Å². The molecule has 0 saturated carbocycles. The summed E-state index contributed by atoms with van der Waals surface area (Å²) in [5.74, 6) is -0.734. The molecule has 33 heavy (non-hydrogen) atoms. The SMILES string of the molecule is N#CC1=C(N)Oc2c(c(=O)oc3ccccc23)C1c1cc[n+](Cc2ccc(F)cc2)cc1.[Cl-]. The van der Waals surface area contributed by atoms with Crippen LogP contribution in [-0.4, -0.2) is 0 Å². The highest BCUT2D eigenvalue weighted by Crippen LogP contribution is 2.43. The van der Waals surface area contributed by atoms with Gasteiger partial charge in [-0.05, 0) is 42.0 Å². The molecule has 0 bridgehead atoms.